The van der Waals surface area contributed by atoms with Gasteiger partial charge in [-0.2, -0.15) is 0 Å². The monoisotopic (exact) mass is 276 g/mol. The van der Waals surface area contributed by atoms with E-state index in [1.54, 1.807) is 0 Å². The second-order valence-corrected chi connectivity index (χ2v) is 6.35. The Kier molecular flexibility index (Phi) is 5.54. The smallest absolute Gasteiger partial charge is 0.134 e. The zero-order chi connectivity index (χ0) is 14.6. The molecule has 1 N–H and O–H groups in total. The highest BCUT2D eigenvalue weighted by Gasteiger charge is 2.39. The van der Waals surface area contributed by atoms with Crippen molar-refractivity contribution in [2.24, 2.45) is 11.8 Å². The van der Waals surface area contributed by atoms with Crippen LogP contribution in [0.2, 0.25) is 0 Å². The summed E-state index contributed by atoms with van der Waals surface area (Å²) < 4.78 is 0. The Hall–Kier alpha value is -0.890. The molecule has 0 unspecified atom stereocenters. The van der Waals surface area contributed by atoms with E-state index in [0.717, 1.165) is 0 Å². The van der Waals surface area contributed by atoms with E-state index >= 15 is 0 Å². The summed E-state index contributed by atoms with van der Waals surface area (Å²) in [5, 5.41) is 3.37. The van der Waals surface area contributed by atoms with Crippen molar-refractivity contribution in [1.82, 2.24) is 5.32 Å². The predicted molar refractivity (Wildman–Crippen MR) is 87.6 cm³/mol. The number of benzene rings is 1. The topological polar surface area (TPSA) is 12.0 Å². The van der Waals surface area contributed by atoms with Crippen molar-refractivity contribution in [3.8, 4) is 0 Å². The average molecular weight is 276 g/mol. The third-order valence-electron chi connectivity index (χ3n) is 4.11. The number of nitrogens with one attached hydrogen (secondary N) is 1. The van der Waals surface area contributed by atoms with E-state index in [0.29, 0.717) is 17.8 Å². The van der Waals surface area contributed by atoms with Gasteiger partial charge in [0.2, 0.25) is 0 Å². The molecule has 0 fully saturated rings. The summed E-state index contributed by atoms with van der Waals surface area (Å²) in [6.07, 6.45) is 0. The Bertz CT molecular complexity index is 413. The largest absolute Gasteiger partial charge is 0.364 e. The first-order chi connectivity index (χ1) is 8.87. The zero-order valence-corrected chi connectivity index (χ0v) is 13.8. The van der Waals surface area contributed by atoms with Gasteiger partial charge in [0.1, 0.15) is 5.49 Å². The molecule has 0 saturated carbocycles. The maximum Gasteiger partial charge on any atom is 0.134 e. The van der Waals surface area contributed by atoms with Crippen molar-refractivity contribution in [2.45, 2.75) is 53.0 Å². The van der Waals surface area contributed by atoms with Gasteiger partial charge in [0.25, 0.3) is 0 Å². The predicted octanol–water partition coefficient (Wildman–Crippen LogP) is 4.74. The summed E-state index contributed by atoms with van der Waals surface area (Å²) in [5.74, 6) is 1.37. The van der Waals surface area contributed by atoms with Crippen molar-refractivity contribution < 1.29 is 0 Å². The normalized spacial score (nSPS) is 12.3. The van der Waals surface area contributed by atoms with E-state index in [1.807, 2.05) is 0 Å². The van der Waals surface area contributed by atoms with Crippen molar-refractivity contribution in [3.63, 3.8) is 0 Å². The molecule has 105 valence electrons. The van der Waals surface area contributed by atoms with Gasteiger partial charge in [0.05, 0.1) is 5.54 Å². The van der Waals surface area contributed by atoms with Crippen molar-refractivity contribution in [2.75, 3.05) is 0 Å². The van der Waals surface area contributed by atoms with E-state index in [2.05, 4.69) is 76.6 Å². The van der Waals surface area contributed by atoms with Gasteiger partial charge in [0, 0.05) is 0 Å². The van der Waals surface area contributed by atoms with E-state index < -0.39 is 0 Å². The summed E-state index contributed by atoms with van der Waals surface area (Å²) in [7, 11) is 0. The maximum atomic E-state index is 4.99. The highest BCUT2D eigenvalue weighted by atomic mass is 32.1. The SMILES string of the molecule is CC(C)c1ccccc1C(N[C]=S)(C(C)C)C(C)C. The molecule has 2 heteroatoms. The van der Waals surface area contributed by atoms with Crippen LogP contribution in [0.25, 0.3) is 0 Å². The summed E-state index contributed by atoms with van der Waals surface area (Å²) >= 11 is 4.99. The first-order valence-corrected chi connectivity index (χ1v) is 7.52. The number of rotatable bonds is 6. The third-order valence-corrected chi connectivity index (χ3v) is 4.21. The minimum Gasteiger partial charge on any atom is -0.364 e. The standard InChI is InChI=1S/C17H26NS/c1-12(2)15-9-7-8-10-16(15)17(13(3)4,14(5)6)18-11-19/h7-10,12-14H,1-6H3,(H,18,19). The Labute approximate surface area is 123 Å². The van der Waals surface area contributed by atoms with Crippen LogP contribution in [0, 0.1) is 11.8 Å². The Morgan fingerprint density at radius 3 is 1.95 bits per heavy atom. The molecule has 0 bridgehead atoms. The van der Waals surface area contributed by atoms with Gasteiger partial charge >= 0.3 is 0 Å². The number of hydrogen-bond donors (Lipinski definition) is 1. The molecule has 1 aromatic rings. The maximum absolute atomic E-state index is 4.99. The number of thiocarbonyl (C=S) groups is 1. The molecule has 0 saturated heterocycles. The van der Waals surface area contributed by atoms with Crippen LogP contribution in [-0.4, -0.2) is 5.49 Å². The first-order valence-electron chi connectivity index (χ1n) is 7.11. The van der Waals surface area contributed by atoms with Gasteiger partial charge in [-0.05, 0) is 28.9 Å². The highest BCUT2D eigenvalue weighted by Crippen LogP contribution is 2.40. The van der Waals surface area contributed by atoms with Gasteiger partial charge in [-0.1, -0.05) is 78.0 Å². The molecular formula is C17H26NS. The highest BCUT2D eigenvalue weighted by molar-refractivity contribution is 7.78. The summed E-state index contributed by atoms with van der Waals surface area (Å²) in [6, 6.07) is 8.69. The van der Waals surface area contributed by atoms with Crippen LogP contribution in [0.15, 0.2) is 24.3 Å². The lowest BCUT2D eigenvalue weighted by molar-refractivity contribution is 0.197. The van der Waals surface area contributed by atoms with Crippen molar-refractivity contribution in [1.29, 1.82) is 0 Å². The lowest BCUT2D eigenvalue weighted by atomic mass is 9.69. The third kappa shape index (κ3) is 3.00. The molecule has 1 rings (SSSR count). The molecule has 1 nitrogen and oxygen atoms in total. The summed E-state index contributed by atoms with van der Waals surface area (Å²) in [6.45, 7) is 13.5. The molecule has 19 heavy (non-hydrogen) atoms. The molecule has 0 atom stereocenters. The molecule has 0 amide bonds. The Morgan fingerprint density at radius 2 is 1.53 bits per heavy atom. The lowest BCUT2D eigenvalue weighted by Gasteiger charge is -2.43. The minimum atomic E-state index is -0.150. The van der Waals surface area contributed by atoms with Crippen molar-refractivity contribution >= 4 is 17.7 Å². The molecule has 1 radical (unpaired) electrons. The van der Waals surface area contributed by atoms with Gasteiger partial charge < -0.3 is 5.32 Å². The second kappa shape index (κ2) is 6.51. The van der Waals surface area contributed by atoms with Gasteiger partial charge in [0.15, 0.2) is 0 Å². The van der Waals surface area contributed by atoms with Crippen LogP contribution in [0.3, 0.4) is 0 Å². The quantitative estimate of drug-likeness (QED) is 0.595. The molecule has 0 aliphatic rings. The van der Waals surface area contributed by atoms with E-state index in [-0.39, 0.29) is 5.54 Å². The van der Waals surface area contributed by atoms with Crippen LogP contribution >= 0.6 is 12.2 Å². The molecule has 0 aliphatic heterocycles. The second-order valence-electron chi connectivity index (χ2n) is 6.15. The van der Waals surface area contributed by atoms with Crippen LogP contribution in [0.5, 0.6) is 0 Å². The van der Waals surface area contributed by atoms with Gasteiger partial charge in [-0.15, -0.1) is 0 Å². The molecular weight excluding hydrogens is 250 g/mol. The minimum absolute atomic E-state index is 0.150. The number of hydrogen-bond acceptors (Lipinski definition) is 1. The van der Waals surface area contributed by atoms with E-state index in [4.69, 9.17) is 12.2 Å². The summed E-state index contributed by atoms with van der Waals surface area (Å²) in [4.78, 5) is 0. The zero-order valence-electron chi connectivity index (χ0n) is 12.9. The lowest BCUT2D eigenvalue weighted by Crippen LogP contribution is -2.50. The van der Waals surface area contributed by atoms with E-state index in [9.17, 15) is 0 Å². The van der Waals surface area contributed by atoms with Crippen molar-refractivity contribution in [3.05, 3.63) is 35.4 Å². The van der Waals surface area contributed by atoms with Crippen LogP contribution in [0.1, 0.15) is 58.6 Å². The Balaban J connectivity index is 3.52. The van der Waals surface area contributed by atoms with Crippen LogP contribution in [0.4, 0.5) is 0 Å². The van der Waals surface area contributed by atoms with Crippen LogP contribution < -0.4 is 5.32 Å². The molecule has 0 aromatic heterocycles. The van der Waals surface area contributed by atoms with Gasteiger partial charge in [-0.3, -0.25) is 0 Å². The fourth-order valence-electron chi connectivity index (χ4n) is 3.11. The van der Waals surface area contributed by atoms with Crippen LogP contribution in [-0.2, 0) is 5.54 Å². The molecule has 0 spiro atoms. The van der Waals surface area contributed by atoms with Gasteiger partial charge in [-0.25, -0.2) is 0 Å². The van der Waals surface area contributed by atoms with E-state index in [1.165, 1.54) is 11.1 Å². The molecule has 0 aliphatic carbocycles. The molecule has 1 aromatic carbocycles. The average Bonchev–Trinajstić information content (AvgIpc) is 2.35. The molecule has 0 heterocycles. The fourth-order valence-corrected chi connectivity index (χ4v) is 3.28. The fraction of sp³-hybridized carbons (Fsp3) is 0.588. The Morgan fingerprint density at radius 1 is 1.00 bits per heavy atom. The first kappa shape index (κ1) is 16.2. The summed E-state index contributed by atoms with van der Waals surface area (Å²) in [5.41, 5.74) is 5.36.